The van der Waals surface area contributed by atoms with E-state index in [1.807, 2.05) is 0 Å². The number of fused-ring (bicyclic) bond motifs is 1. The predicted octanol–water partition coefficient (Wildman–Crippen LogP) is 2.74. The van der Waals surface area contributed by atoms with E-state index in [0.717, 1.165) is 12.1 Å². The fourth-order valence-corrected chi connectivity index (χ4v) is 4.08. The predicted molar refractivity (Wildman–Crippen MR) is 108 cm³/mol. The minimum absolute atomic E-state index is 0.0912. The van der Waals surface area contributed by atoms with E-state index < -0.39 is 22.8 Å². The van der Waals surface area contributed by atoms with Gasteiger partial charge in [-0.2, -0.15) is 5.26 Å². The molecule has 0 amide bonds. The summed E-state index contributed by atoms with van der Waals surface area (Å²) < 4.78 is 31.3. The molecule has 0 spiro atoms. The van der Waals surface area contributed by atoms with Crippen LogP contribution in [0.2, 0.25) is 5.02 Å². The molecule has 0 radical (unpaired) electrons. The summed E-state index contributed by atoms with van der Waals surface area (Å²) in [5.74, 6) is -1.62. The fourth-order valence-electron chi connectivity index (χ4n) is 3.92. The van der Waals surface area contributed by atoms with Gasteiger partial charge in [0, 0.05) is 32.4 Å². The Morgan fingerprint density at radius 3 is 2.37 bits per heavy atom. The van der Waals surface area contributed by atoms with Crippen molar-refractivity contribution in [3.63, 3.8) is 0 Å². The van der Waals surface area contributed by atoms with Crippen LogP contribution in [0.3, 0.4) is 0 Å². The Morgan fingerprint density at radius 2 is 1.77 bits per heavy atom. The molecular formula is C20H16ClF2N5O2. The normalized spacial score (nSPS) is 14.8. The van der Waals surface area contributed by atoms with E-state index in [0.29, 0.717) is 29.0 Å². The van der Waals surface area contributed by atoms with Crippen LogP contribution in [0.25, 0.3) is 11.2 Å². The van der Waals surface area contributed by atoms with Crippen LogP contribution in [0, 0.1) is 23.0 Å². The first-order valence-electron chi connectivity index (χ1n) is 9.22. The maximum Gasteiger partial charge on any atom is 0.318 e. The number of benzene rings is 1. The Labute approximate surface area is 174 Å². The standard InChI is InChI=1S/C20H16ClF2N5O2/c1-26-16-8-12(21)10-25-18(16)28(20(30)19(26)29)13-2-4-27(5-3-13)17-14(22)6-11(9-24)7-15(17)23/h6-8,10,13H,2-5H2,1H3. The van der Waals surface area contributed by atoms with Crippen LogP contribution in [0.4, 0.5) is 14.5 Å². The lowest BCUT2D eigenvalue weighted by atomic mass is 10.0. The van der Waals surface area contributed by atoms with E-state index in [-0.39, 0.29) is 30.4 Å². The molecule has 154 valence electrons. The molecule has 0 saturated carbocycles. The number of pyridine rings is 1. The number of rotatable bonds is 2. The summed E-state index contributed by atoms with van der Waals surface area (Å²) in [5.41, 5.74) is -0.920. The summed E-state index contributed by atoms with van der Waals surface area (Å²) in [6.07, 6.45) is 2.16. The summed E-state index contributed by atoms with van der Waals surface area (Å²) in [4.78, 5) is 30.9. The van der Waals surface area contributed by atoms with E-state index in [9.17, 15) is 18.4 Å². The number of anilines is 1. The van der Waals surface area contributed by atoms with E-state index >= 15 is 0 Å². The monoisotopic (exact) mass is 431 g/mol. The van der Waals surface area contributed by atoms with Gasteiger partial charge in [-0.05, 0) is 31.0 Å². The Bertz CT molecular complexity index is 1300. The molecule has 1 aliphatic heterocycles. The third-order valence-electron chi connectivity index (χ3n) is 5.40. The highest BCUT2D eigenvalue weighted by molar-refractivity contribution is 6.31. The van der Waals surface area contributed by atoms with Crippen molar-refractivity contribution in [1.29, 1.82) is 5.26 Å². The van der Waals surface area contributed by atoms with Gasteiger partial charge >= 0.3 is 11.1 Å². The first-order chi connectivity index (χ1) is 14.3. The molecule has 10 heteroatoms. The van der Waals surface area contributed by atoms with Crippen molar-refractivity contribution in [1.82, 2.24) is 14.1 Å². The van der Waals surface area contributed by atoms with Crippen molar-refractivity contribution in [2.24, 2.45) is 7.05 Å². The summed E-state index contributed by atoms with van der Waals surface area (Å²) in [7, 11) is 1.48. The van der Waals surface area contributed by atoms with Gasteiger partial charge in [0.15, 0.2) is 17.3 Å². The number of hydrogen-bond donors (Lipinski definition) is 0. The minimum atomic E-state index is -0.808. The third kappa shape index (κ3) is 3.23. The zero-order chi connectivity index (χ0) is 21.6. The summed E-state index contributed by atoms with van der Waals surface area (Å²) in [5, 5.41) is 9.19. The molecule has 0 aliphatic carbocycles. The second kappa shape index (κ2) is 7.54. The molecule has 0 bridgehead atoms. The quantitative estimate of drug-likeness (QED) is 0.582. The first-order valence-corrected chi connectivity index (χ1v) is 9.60. The van der Waals surface area contributed by atoms with Gasteiger partial charge in [0.05, 0.1) is 22.2 Å². The fraction of sp³-hybridized carbons (Fsp3) is 0.300. The van der Waals surface area contributed by atoms with Crippen molar-refractivity contribution in [2.45, 2.75) is 18.9 Å². The molecule has 1 aliphatic rings. The summed E-state index contributed by atoms with van der Waals surface area (Å²) >= 11 is 6.00. The Hall–Kier alpha value is -3.25. The van der Waals surface area contributed by atoms with E-state index in [1.165, 1.54) is 22.4 Å². The average molecular weight is 432 g/mol. The van der Waals surface area contributed by atoms with Gasteiger partial charge in [0.1, 0.15) is 5.69 Å². The van der Waals surface area contributed by atoms with Crippen molar-refractivity contribution in [2.75, 3.05) is 18.0 Å². The molecule has 0 atom stereocenters. The second-order valence-corrected chi connectivity index (χ2v) is 7.59. The summed E-state index contributed by atoms with van der Waals surface area (Å²) in [6, 6.07) is 4.92. The van der Waals surface area contributed by atoms with Gasteiger partial charge in [0.25, 0.3) is 0 Å². The van der Waals surface area contributed by atoms with E-state index in [2.05, 4.69) is 4.98 Å². The average Bonchev–Trinajstić information content (AvgIpc) is 2.73. The molecule has 2 aromatic heterocycles. The Morgan fingerprint density at radius 1 is 1.13 bits per heavy atom. The Kier molecular flexibility index (Phi) is 5.03. The van der Waals surface area contributed by atoms with E-state index in [4.69, 9.17) is 16.9 Å². The topological polar surface area (TPSA) is 83.9 Å². The number of nitriles is 1. The van der Waals surface area contributed by atoms with Gasteiger partial charge < -0.3 is 9.47 Å². The van der Waals surface area contributed by atoms with Crippen LogP contribution in [0.5, 0.6) is 0 Å². The lowest BCUT2D eigenvalue weighted by Crippen LogP contribution is -2.45. The number of halogens is 3. The SMILES string of the molecule is Cn1c(=O)c(=O)n(C2CCN(c3c(F)cc(C#N)cc3F)CC2)c2ncc(Cl)cc21. The Balaban J connectivity index is 1.69. The smallest absolute Gasteiger partial charge is 0.318 e. The van der Waals surface area contributed by atoms with E-state index in [1.54, 1.807) is 17.0 Å². The zero-order valence-corrected chi connectivity index (χ0v) is 16.7. The number of nitrogens with zero attached hydrogens (tertiary/aromatic N) is 5. The highest BCUT2D eigenvalue weighted by Crippen LogP contribution is 2.31. The molecule has 1 aromatic carbocycles. The molecule has 1 fully saturated rings. The molecule has 1 saturated heterocycles. The molecular weight excluding hydrogens is 416 g/mol. The van der Waals surface area contributed by atoms with Gasteiger partial charge in [-0.15, -0.1) is 0 Å². The second-order valence-electron chi connectivity index (χ2n) is 7.15. The first kappa shape index (κ1) is 20.0. The maximum atomic E-state index is 14.4. The van der Waals surface area contributed by atoms with Crippen LogP contribution in [0.1, 0.15) is 24.4 Å². The molecule has 30 heavy (non-hydrogen) atoms. The van der Waals surface area contributed by atoms with Crippen LogP contribution in [-0.4, -0.2) is 27.2 Å². The largest absolute Gasteiger partial charge is 0.367 e. The van der Waals surface area contributed by atoms with Crippen LogP contribution < -0.4 is 16.0 Å². The van der Waals surface area contributed by atoms with Gasteiger partial charge in [0.2, 0.25) is 0 Å². The molecule has 3 heterocycles. The van der Waals surface area contributed by atoms with Crippen LogP contribution in [-0.2, 0) is 7.05 Å². The minimum Gasteiger partial charge on any atom is -0.367 e. The van der Waals surface area contributed by atoms with Crippen molar-refractivity contribution in [3.8, 4) is 6.07 Å². The summed E-state index contributed by atoms with van der Waals surface area (Å²) in [6.45, 7) is 0.530. The van der Waals surface area contributed by atoms with Crippen LogP contribution in [0.15, 0.2) is 34.0 Å². The number of hydrogen-bond acceptors (Lipinski definition) is 5. The van der Waals surface area contributed by atoms with Crippen LogP contribution >= 0.6 is 11.6 Å². The van der Waals surface area contributed by atoms with Gasteiger partial charge in [-0.3, -0.25) is 14.2 Å². The molecule has 0 unspecified atom stereocenters. The highest BCUT2D eigenvalue weighted by Gasteiger charge is 2.28. The maximum absolute atomic E-state index is 14.4. The van der Waals surface area contributed by atoms with Crippen molar-refractivity contribution in [3.05, 3.63) is 67.3 Å². The van der Waals surface area contributed by atoms with Crippen molar-refractivity contribution < 1.29 is 8.78 Å². The molecule has 7 nitrogen and oxygen atoms in total. The number of aromatic nitrogens is 3. The molecule has 4 rings (SSSR count). The highest BCUT2D eigenvalue weighted by atomic mass is 35.5. The van der Waals surface area contributed by atoms with Gasteiger partial charge in [-0.1, -0.05) is 11.6 Å². The lowest BCUT2D eigenvalue weighted by Gasteiger charge is -2.35. The molecule has 3 aromatic rings. The zero-order valence-electron chi connectivity index (χ0n) is 15.9. The lowest BCUT2D eigenvalue weighted by molar-refractivity contribution is 0.387. The molecule has 0 N–H and O–H groups in total. The number of piperidine rings is 1. The van der Waals surface area contributed by atoms with Crippen molar-refractivity contribution >= 4 is 28.5 Å². The third-order valence-corrected chi connectivity index (χ3v) is 5.61. The van der Waals surface area contributed by atoms with Gasteiger partial charge in [-0.25, -0.2) is 13.8 Å². The number of aryl methyl sites for hydroxylation is 1.